The van der Waals surface area contributed by atoms with Gasteiger partial charge in [-0.15, -0.1) is 0 Å². The number of rotatable bonds is 4. The van der Waals surface area contributed by atoms with E-state index in [2.05, 4.69) is 13.8 Å². The molecule has 4 heteroatoms. The molecule has 1 amide bonds. The lowest BCUT2D eigenvalue weighted by molar-refractivity contribution is -0.139. The molecule has 1 aliphatic heterocycles. The predicted octanol–water partition coefficient (Wildman–Crippen LogP) is 2.14. The standard InChI is InChI=1S/C14H23NO3/c1-3-14(2)9-11(14)13(18)15-6-4-10(5-7-15)8-12(16)17/h10-11H,3-9H2,1-2H3,(H,16,17). The number of nitrogens with zero attached hydrogens (tertiary/aromatic N) is 1. The van der Waals surface area contributed by atoms with E-state index in [1.54, 1.807) is 0 Å². The van der Waals surface area contributed by atoms with Crippen molar-refractivity contribution in [2.24, 2.45) is 17.3 Å². The van der Waals surface area contributed by atoms with Gasteiger partial charge in [0.25, 0.3) is 0 Å². The van der Waals surface area contributed by atoms with Crippen LogP contribution in [-0.4, -0.2) is 35.0 Å². The average molecular weight is 253 g/mol. The second-order valence-corrected chi connectivity index (χ2v) is 6.13. The van der Waals surface area contributed by atoms with Crippen LogP contribution in [0.3, 0.4) is 0 Å². The Morgan fingerprint density at radius 3 is 2.39 bits per heavy atom. The minimum atomic E-state index is -0.722. The molecule has 18 heavy (non-hydrogen) atoms. The molecule has 1 N–H and O–H groups in total. The summed E-state index contributed by atoms with van der Waals surface area (Å²) in [5.74, 6) is 0.0514. The first-order chi connectivity index (χ1) is 8.46. The van der Waals surface area contributed by atoms with E-state index in [0.29, 0.717) is 5.91 Å². The SMILES string of the molecule is CCC1(C)CC1C(=O)N1CCC(CC(=O)O)CC1. The van der Waals surface area contributed by atoms with Crippen LogP contribution in [0.1, 0.15) is 46.0 Å². The number of piperidine rings is 1. The Labute approximate surface area is 108 Å². The highest BCUT2D eigenvalue weighted by molar-refractivity contribution is 5.82. The van der Waals surface area contributed by atoms with E-state index in [9.17, 15) is 9.59 Å². The third-order valence-electron chi connectivity index (χ3n) is 4.85. The van der Waals surface area contributed by atoms with Crippen LogP contribution in [0.2, 0.25) is 0 Å². The van der Waals surface area contributed by atoms with Crippen molar-refractivity contribution in [3.05, 3.63) is 0 Å². The van der Waals surface area contributed by atoms with E-state index >= 15 is 0 Å². The van der Waals surface area contributed by atoms with Crippen LogP contribution in [0, 0.1) is 17.3 Å². The summed E-state index contributed by atoms with van der Waals surface area (Å²) >= 11 is 0. The minimum Gasteiger partial charge on any atom is -0.481 e. The summed E-state index contributed by atoms with van der Waals surface area (Å²) in [4.78, 5) is 24.9. The Bertz CT molecular complexity index is 347. The predicted molar refractivity (Wildman–Crippen MR) is 68.1 cm³/mol. The first-order valence-electron chi connectivity index (χ1n) is 6.97. The molecule has 0 bridgehead atoms. The maximum atomic E-state index is 12.3. The Morgan fingerprint density at radius 2 is 1.94 bits per heavy atom. The molecular weight excluding hydrogens is 230 g/mol. The molecule has 0 aromatic heterocycles. The number of hydrogen-bond acceptors (Lipinski definition) is 2. The van der Waals surface area contributed by atoms with Crippen molar-refractivity contribution in [3.63, 3.8) is 0 Å². The molecule has 1 saturated heterocycles. The van der Waals surface area contributed by atoms with E-state index in [1.165, 1.54) is 0 Å². The fraction of sp³-hybridized carbons (Fsp3) is 0.857. The van der Waals surface area contributed by atoms with Gasteiger partial charge in [0.1, 0.15) is 0 Å². The number of aliphatic carboxylic acids is 1. The van der Waals surface area contributed by atoms with Gasteiger partial charge in [-0.3, -0.25) is 9.59 Å². The van der Waals surface area contributed by atoms with Gasteiger partial charge in [0, 0.05) is 25.4 Å². The molecule has 0 aromatic carbocycles. The smallest absolute Gasteiger partial charge is 0.303 e. The van der Waals surface area contributed by atoms with E-state index in [-0.39, 0.29) is 23.7 Å². The van der Waals surface area contributed by atoms with Crippen molar-refractivity contribution in [1.82, 2.24) is 4.90 Å². The van der Waals surface area contributed by atoms with E-state index in [4.69, 9.17) is 5.11 Å². The fourth-order valence-corrected chi connectivity index (χ4v) is 3.01. The summed E-state index contributed by atoms with van der Waals surface area (Å²) in [5.41, 5.74) is 0.231. The summed E-state index contributed by atoms with van der Waals surface area (Å²) in [6.45, 7) is 5.82. The van der Waals surface area contributed by atoms with Crippen LogP contribution in [-0.2, 0) is 9.59 Å². The quantitative estimate of drug-likeness (QED) is 0.835. The van der Waals surface area contributed by atoms with Gasteiger partial charge in [-0.25, -0.2) is 0 Å². The molecular formula is C14H23NO3. The summed E-state index contributed by atoms with van der Waals surface area (Å²) in [6, 6.07) is 0. The Balaban J connectivity index is 1.80. The zero-order chi connectivity index (χ0) is 13.3. The second-order valence-electron chi connectivity index (χ2n) is 6.13. The molecule has 2 rings (SSSR count). The lowest BCUT2D eigenvalue weighted by Crippen LogP contribution is -2.40. The molecule has 4 nitrogen and oxygen atoms in total. The van der Waals surface area contributed by atoms with Crippen LogP contribution < -0.4 is 0 Å². The highest BCUT2D eigenvalue weighted by Gasteiger charge is 2.54. The van der Waals surface area contributed by atoms with Crippen LogP contribution in [0.4, 0.5) is 0 Å². The average Bonchev–Trinajstić information content (AvgIpc) is 3.02. The zero-order valence-electron chi connectivity index (χ0n) is 11.3. The van der Waals surface area contributed by atoms with Gasteiger partial charge < -0.3 is 10.0 Å². The number of likely N-dealkylation sites (tertiary alicyclic amines) is 1. The maximum absolute atomic E-state index is 12.3. The lowest BCUT2D eigenvalue weighted by atomic mass is 9.93. The van der Waals surface area contributed by atoms with Gasteiger partial charge in [0.15, 0.2) is 0 Å². The Hall–Kier alpha value is -1.06. The van der Waals surface area contributed by atoms with Crippen LogP contribution in [0.5, 0.6) is 0 Å². The van der Waals surface area contributed by atoms with Gasteiger partial charge in [-0.1, -0.05) is 13.8 Å². The first kappa shape index (κ1) is 13.4. The summed E-state index contributed by atoms with van der Waals surface area (Å²) in [7, 11) is 0. The monoisotopic (exact) mass is 253 g/mol. The van der Waals surface area contributed by atoms with Crippen LogP contribution >= 0.6 is 0 Å². The molecule has 1 heterocycles. The number of amides is 1. The second kappa shape index (κ2) is 4.90. The van der Waals surface area contributed by atoms with Crippen molar-refractivity contribution < 1.29 is 14.7 Å². The van der Waals surface area contributed by atoms with Crippen LogP contribution in [0.15, 0.2) is 0 Å². The molecule has 2 atom stereocenters. The largest absolute Gasteiger partial charge is 0.481 e. The van der Waals surface area contributed by atoms with Crippen LogP contribution in [0.25, 0.3) is 0 Å². The highest BCUT2D eigenvalue weighted by atomic mass is 16.4. The van der Waals surface area contributed by atoms with E-state index in [1.807, 2.05) is 4.90 Å². The number of carbonyl (C=O) groups excluding carboxylic acids is 1. The van der Waals surface area contributed by atoms with Crippen molar-refractivity contribution in [2.45, 2.75) is 46.0 Å². The summed E-state index contributed by atoms with van der Waals surface area (Å²) < 4.78 is 0. The van der Waals surface area contributed by atoms with Crippen molar-refractivity contribution in [3.8, 4) is 0 Å². The first-order valence-corrected chi connectivity index (χ1v) is 6.97. The zero-order valence-corrected chi connectivity index (χ0v) is 11.3. The highest BCUT2D eigenvalue weighted by Crippen LogP contribution is 2.55. The molecule has 2 aliphatic rings. The lowest BCUT2D eigenvalue weighted by Gasteiger charge is -2.32. The maximum Gasteiger partial charge on any atom is 0.303 e. The van der Waals surface area contributed by atoms with Crippen molar-refractivity contribution in [1.29, 1.82) is 0 Å². The minimum absolute atomic E-state index is 0.221. The van der Waals surface area contributed by atoms with Gasteiger partial charge in [0.2, 0.25) is 5.91 Å². The number of hydrogen-bond donors (Lipinski definition) is 1. The molecule has 2 unspecified atom stereocenters. The molecule has 102 valence electrons. The molecule has 2 fully saturated rings. The molecule has 0 spiro atoms. The third kappa shape index (κ3) is 2.68. The number of carboxylic acid groups (broad SMARTS) is 1. The Morgan fingerprint density at radius 1 is 1.33 bits per heavy atom. The third-order valence-corrected chi connectivity index (χ3v) is 4.85. The molecule has 0 radical (unpaired) electrons. The topological polar surface area (TPSA) is 57.6 Å². The van der Waals surface area contributed by atoms with Crippen molar-refractivity contribution in [2.75, 3.05) is 13.1 Å². The van der Waals surface area contributed by atoms with Gasteiger partial charge in [-0.05, 0) is 37.0 Å². The van der Waals surface area contributed by atoms with Gasteiger partial charge in [-0.2, -0.15) is 0 Å². The van der Waals surface area contributed by atoms with Crippen molar-refractivity contribution >= 4 is 11.9 Å². The molecule has 0 aromatic rings. The summed E-state index contributed by atoms with van der Waals surface area (Å²) in [6.07, 6.45) is 4.02. The van der Waals surface area contributed by atoms with Gasteiger partial charge >= 0.3 is 5.97 Å². The molecule has 1 aliphatic carbocycles. The number of carboxylic acids is 1. The molecule has 1 saturated carbocycles. The van der Waals surface area contributed by atoms with Gasteiger partial charge in [0.05, 0.1) is 0 Å². The van der Waals surface area contributed by atoms with E-state index in [0.717, 1.165) is 38.8 Å². The summed E-state index contributed by atoms with van der Waals surface area (Å²) in [5, 5.41) is 8.76. The number of carbonyl (C=O) groups is 2. The van der Waals surface area contributed by atoms with E-state index < -0.39 is 5.97 Å². The fourth-order valence-electron chi connectivity index (χ4n) is 3.01. The Kier molecular flexibility index (Phi) is 3.64. The normalized spacial score (nSPS) is 32.3.